The molecule has 1 aromatic carbocycles. The number of rotatable bonds is 2. The molecule has 0 aliphatic heterocycles. The van der Waals surface area contributed by atoms with Gasteiger partial charge in [0, 0.05) is 18.0 Å². The molecule has 2 aromatic heterocycles. The Morgan fingerprint density at radius 1 is 1.10 bits per heavy atom. The van der Waals surface area contributed by atoms with E-state index in [1.807, 2.05) is 24.4 Å². The number of hydrogen-bond donors (Lipinski definition) is 1. The summed E-state index contributed by atoms with van der Waals surface area (Å²) in [4.78, 5) is 4.74. The van der Waals surface area contributed by atoms with Crippen LogP contribution in [0.2, 0.25) is 0 Å². The van der Waals surface area contributed by atoms with E-state index in [-0.39, 0.29) is 17.3 Å². The van der Waals surface area contributed by atoms with Crippen LogP contribution in [0.1, 0.15) is 0 Å². The summed E-state index contributed by atoms with van der Waals surface area (Å²) in [6, 6.07) is 12.2. The normalized spacial score (nSPS) is 11.3. The highest BCUT2D eigenvalue weighted by Crippen LogP contribution is 2.27. The average molecular weight is 324 g/mol. The van der Waals surface area contributed by atoms with Crippen LogP contribution in [-0.2, 0) is 9.84 Å². The summed E-state index contributed by atoms with van der Waals surface area (Å²) in [7, 11) is -3.19. The Hall–Kier alpha value is -2.05. The van der Waals surface area contributed by atoms with Crippen molar-refractivity contribution in [3.8, 4) is 11.3 Å². The number of nitrogen functional groups attached to an aromatic ring is 1. The fourth-order valence-corrected chi connectivity index (χ4v) is 2.72. The van der Waals surface area contributed by atoms with E-state index in [9.17, 15) is 8.42 Å². The SMILES string of the molecule is CS(=O)(=O)c1ccc(-c2nc3ccccn3c2N)cc1.Cl. The van der Waals surface area contributed by atoms with Crippen molar-refractivity contribution in [2.45, 2.75) is 4.90 Å². The van der Waals surface area contributed by atoms with Crippen LogP contribution in [0, 0.1) is 0 Å². The summed E-state index contributed by atoms with van der Waals surface area (Å²) in [6.07, 6.45) is 3.02. The summed E-state index contributed by atoms with van der Waals surface area (Å²) in [5.41, 5.74) is 8.27. The molecule has 5 nitrogen and oxygen atoms in total. The van der Waals surface area contributed by atoms with Crippen molar-refractivity contribution in [1.82, 2.24) is 9.38 Å². The monoisotopic (exact) mass is 323 g/mol. The van der Waals surface area contributed by atoms with Crippen LogP contribution in [0.4, 0.5) is 5.82 Å². The number of nitrogens with zero attached hydrogens (tertiary/aromatic N) is 2. The first-order chi connectivity index (χ1) is 9.47. The third kappa shape index (κ3) is 2.72. The molecule has 2 heterocycles. The van der Waals surface area contributed by atoms with Crippen LogP contribution >= 0.6 is 12.4 Å². The van der Waals surface area contributed by atoms with Crippen LogP contribution in [0.15, 0.2) is 53.6 Å². The highest BCUT2D eigenvalue weighted by Gasteiger charge is 2.12. The number of halogens is 1. The van der Waals surface area contributed by atoms with Crippen molar-refractivity contribution in [2.24, 2.45) is 0 Å². The summed E-state index contributed by atoms with van der Waals surface area (Å²) < 4.78 is 24.7. The number of pyridine rings is 1. The van der Waals surface area contributed by atoms with Gasteiger partial charge < -0.3 is 5.73 Å². The Morgan fingerprint density at radius 3 is 2.33 bits per heavy atom. The second-order valence-corrected chi connectivity index (χ2v) is 6.59. The molecule has 0 bridgehead atoms. The maximum Gasteiger partial charge on any atom is 0.175 e. The van der Waals surface area contributed by atoms with Gasteiger partial charge in [0.1, 0.15) is 17.2 Å². The molecular weight excluding hydrogens is 310 g/mol. The third-order valence-corrected chi connectivity index (χ3v) is 4.25. The minimum Gasteiger partial charge on any atom is -0.383 e. The van der Waals surface area contributed by atoms with E-state index in [0.717, 1.165) is 11.2 Å². The van der Waals surface area contributed by atoms with Gasteiger partial charge in [-0.15, -0.1) is 12.4 Å². The zero-order valence-corrected chi connectivity index (χ0v) is 12.9. The molecule has 0 fully saturated rings. The first kappa shape index (κ1) is 15.3. The number of benzene rings is 1. The van der Waals surface area contributed by atoms with Gasteiger partial charge in [0.25, 0.3) is 0 Å². The smallest absolute Gasteiger partial charge is 0.175 e. The summed E-state index contributed by atoms with van der Waals surface area (Å²) in [6.45, 7) is 0. The van der Waals surface area contributed by atoms with Crippen LogP contribution in [-0.4, -0.2) is 24.1 Å². The van der Waals surface area contributed by atoms with Crippen molar-refractivity contribution < 1.29 is 8.42 Å². The van der Waals surface area contributed by atoms with Gasteiger partial charge in [-0.1, -0.05) is 18.2 Å². The van der Waals surface area contributed by atoms with Crippen molar-refractivity contribution in [1.29, 1.82) is 0 Å². The average Bonchev–Trinajstić information content (AvgIpc) is 2.76. The highest BCUT2D eigenvalue weighted by atomic mass is 35.5. The van der Waals surface area contributed by atoms with Crippen molar-refractivity contribution in [3.63, 3.8) is 0 Å². The predicted molar refractivity (Wildman–Crippen MR) is 85.4 cm³/mol. The Kier molecular flexibility index (Phi) is 3.93. The Morgan fingerprint density at radius 2 is 1.76 bits per heavy atom. The number of fused-ring (bicyclic) bond motifs is 1. The molecule has 0 spiro atoms. The molecule has 0 aliphatic rings. The van der Waals surface area contributed by atoms with E-state index >= 15 is 0 Å². The zero-order valence-electron chi connectivity index (χ0n) is 11.2. The lowest BCUT2D eigenvalue weighted by Gasteiger charge is -2.01. The van der Waals surface area contributed by atoms with Gasteiger partial charge >= 0.3 is 0 Å². The lowest BCUT2D eigenvalue weighted by molar-refractivity contribution is 0.602. The molecule has 0 unspecified atom stereocenters. The third-order valence-electron chi connectivity index (χ3n) is 3.12. The molecule has 3 rings (SSSR count). The summed E-state index contributed by atoms with van der Waals surface area (Å²) >= 11 is 0. The fourth-order valence-electron chi connectivity index (χ4n) is 2.09. The molecule has 0 amide bonds. The van der Waals surface area contributed by atoms with Gasteiger partial charge in [0.2, 0.25) is 0 Å². The molecule has 0 atom stereocenters. The van der Waals surface area contributed by atoms with Crippen LogP contribution < -0.4 is 5.73 Å². The maximum absolute atomic E-state index is 11.4. The second kappa shape index (κ2) is 5.38. The Labute approximate surface area is 128 Å². The molecule has 0 saturated heterocycles. The number of hydrogen-bond acceptors (Lipinski definition) is 4. The van der Waals surface area contributed by atoms with Gasteiger partial charge in [0.15, 0.2) is 9.84 Å². The van der Waals surface area contributed by atoms with E-state index < -0.39 is 9.84 Å². The van der Waals surface area contributed by atoms with E-state index in [2.05, 4.69) is 4.98 Å². The molecular formula is C14H14ClN3O2S. The van der Waals surface area contributed by atoms with Crippen LogP contribution in [0.3, 0.4) is 0 Å². The molecule has 3 aromatic rings. The van der Waals surface area contributed by atoms with E-state index in [1.54, 1.807) is 28.7 Å². The number of imidazole rings is 1. The van der Waals surface area contributed by atoms with Crippen molar-refractivity contribution in [3.05, 3.63) is 48.7 Å². The zero-order chi connectivity index (χ0) is 14.3. The molecule has 110 valence electrons. The van der Waals surface area contributed by atoms with Crippen LogP contribution in [0.25, 0.3) is 16.9 Å². The first-order valence-electron chi connectivity index (χ1n) is 6.00. The van der Waals surface area contributed by atoms with E-state index in [4.69, 9.17) is 5.73 Å². The predicted octanol–water partition coefficient (Wildman–Crippen LogP) is 2.41. The fraction of sp³-hybridized carbons (Fsp3) is 0.0714. The molecule has 0 radical (unpaired) electrons. The van der Waals surface area contributed by atoms with E-state index in [1.165, 1.54) is 6.26 Å². The number of sulfone groups is 1. The minimum absolute atomic E-state index is 0. The first-order valence-corrected chi connectivity index (χ1v) is 7.89. The lowest BCUT2D eigenvalue weighted by atomic mass is 10.1. The maximum atomic E-state index is 11.4. The lowest BCUT2D eigenvalue weighted by Crippen LogP contribution is -1.97. The topological polar surface area (TPSA) is 77.5 Å². The molecule has 21 heavy (non-hydrogen) atoms. The van der Waals surface area contributed by atoms with Crippen LogP contribution in [0.5, 0.6) is 0 Å². The number of nitrogens with two attached hydrogens (primary N) is 1. The van der Waals surface area contributed by atoms with E-state index in [0.29, 0.717) is 11.5 Å². The molecule has 0 aliphatic carbocycles. The number of aromatic nitrogens is 2. The van der Waals surface area contributed by atoms with Gasteiger partial charge in [-0.05, 0) is 24.3 Å². The Balaban J connectivity index is 0.00000161. The van der Waals surface area contributed by atoms with Gasteiger partial charge in [-0.25, -0.2) is 13.4 Å². The Bertz CT molecular complexity index is 886. The van der Waals surface area contributed by atoms with Gasteiger partial charge in [-0.3, -0.25) is 4.40 Å². The molecule has 2 N–H and O–H groups in total. The number of anilines is 1. The second-order valence-electron chi connectivity index (χ2n) is 4.57. The van der Waals surface area contributed by atoms with Crippen molar-refractivity contribution >= 4 is 33.7 Å². The summed E-state index contributed by atoms with van der Waals surface area (Å²) in [5, 5.41) is 0. The molecule has 7 heteroatoms. The quantitative estimate of drug-likeness (QED) is 0.785. The minimum atomic E-state index is -3.19. The standard InChI is InChI=1S/C14H13N3O2S.ClH/c1-20(18,19)11-7-5-10(6-8-11)13-14(15)17-9-3-2-4-12(17)16-13;/h2-9H,15H2,1H3;1H. The highest BCUT2D eigenvalue weighted by molar-refractivity contribution is 7.90. The summed E-state index contributed by atoms with van der Waals surface area (Å²) in [5.74, 6) is 0.535. The largest absolute Gasteiger partial charge is 0.383 e. The molecule has 0 saturated carbocycles. The van der Waals surface area contributed by atoms with Gasteiger partial charge in [0.05, 0.1) is 4.90 Å². The van der Waals surface area contributed by atoms with Gasteiger partial charge in [-0.2, -0.15) is 0 Å². The van der Waals surface area contributed by atoms with Crippen molar-refractivity contribution in [2.75, 3.05) is 12.0 Å².